The quantitative estimate of drug-likeness (QED) is 0.711. The topological polar surface area (TPSA) is 34.9 Å². The van der Waals surface area contributed by atoms with E-state index in [4.69, 9.17) is 0 Å². The SMILES string of the molecule is Cc1cccc(Cn2cccc2C=O)n1. The highest BCUT2D eigenvalue weighted by atomic mass is 16.1. The van der Waals surface area contributed by atoms with Gasteiger partial charge in [-0.25, -0.2) is 0 Å². The number of aldehydes is 1. The molecule has 0 N–H and O–H groups in total. The zero-order valence-corrected chi connectivity index (χ0v) is 8.55. The van der Waals surface area contributed by atoms with E-state index in [2.05, 4.69) is 4.98 Å². The van der Waals surface area contributed by atoms with Crippen molar-refractivity contribution in [3.63, 3.8) is 0 Å². The summed E-state index contributed by atoms with van der Waals surface area (Å²) in [6, 6.07) is 9.55. The Bertz CT molecular complexity index is 474. The van der Waals surface area contributed by atoms with Crippen molar-refractivity contribution < 1.29 is 4.79 Å². The van der Waals surface area contributed by atoms with Crippen LogP contribution in [0.5, 0.6) is 0 Å². The lowest BCUT2D eigenvalue weighted by atomic mass is 10.3. The first-order chi connectivity index (χ1) is 7.29. The van der Waals surface area contributed by atoms with Gasteiger partial charge in [0.2, 0.25) is 0 Å². The minimum atomic E-state index is 0.642. The second kappa shape index (κ2) is 4.09. The lowest BCUT2D eigenvalue weighted by molar-refractivity contribution is 0.111. The van der Waals surface area contributed by atoms with Crippen molar-refractivity contribution in [2.24, 2.45) is 0 Å². The van der Waals surface area contributed by atoms with Crippen molar-refractivity contribution >= 4 is 6.29 Å². The summed E-state index contributed by atoms with van der Waals surface area (Å²) in [7, 11) is 0. The van der Waals surface area contributed by atoms with Crippen LogP contribution in [0, 0.1) is 6.92 Å². The van der Waals surface area contributed by atoms with Crippen LogP contribution in [-0.4, -0.2) is 15.8 Å². The number of carbonyl (C=O) groups is 1. The maximum Gasteiger partial charge on any atom is 0.166 e. The fourth-order valence-electron chi connectivity index (χ4n) is 1.54. The van der Waals surface area contributed by atoms with Gasteiger partial charge in [-0.1, -0.05) is 6.07 Å². The maximum atomic E-state index is 10.7. The molecule has 0 radical (unpaired) electrons. The molecule has 3 heteroatoms. The molecular formula is C12H12N2O. The van der Waals surface area contributed by atoms with Crippen LogP contribution in [0.1, 0.15) is 21.9 Å². The first-order valence-corrected chi connectivity index (χ1v) is 4.82. The van der Waals surface area contributed by atoms with E-state index in [-0.39, 0.29) is 0 Å². The van der Waals surface area contributed by atoms with E-state index in [0.717, 1.165) is 17.7 Å². The maximum absolute atomic E-state index is 10.7. The summed E-state index contributed by atoms with van der Waals surface area (Å²) in [6.45, 7) is 2.60. The Balaban J connectivity index is 2.25. The van der Waals surface area contributed by atoms with Crippen LogP contribution >= 0.6 is 0 Å². The van der Waals surface area contributed by atoms with Crippen molar-refractivity contribution in [2.45, 2.75) is 13.5 Å². The highest BCUT2D eigenvalue weighted by Crippen LogP contribution is 2.05. The zero-order valence-electron chi connectivity index (χ0n) is 8.55. The van der Waals surface area contributed by atoms with Crippen LogP contribution < -0.4 is 0 Å². The third-order valence-electron chi connectivity index (χ3n) is 2.26. The average molecular weight is 200 g/mol. The molecule has 0 saturated heterocycles. The molecule has 0 atom stereocenters. The van der Waals surface area contributed by atoms with E-state index in [1.165, 1.54) is 0 Å². The predicted octanol–water partition coefficient (Wildman–Crippen LogP) is 2.05. The predicted molar refractivity (Wildman–Crippen MR) is 57.9 cm³/mol. The summed E-state index contributed by atoms with van der Waals surface area (Å²) < 4.78 is 1.88. The van der Waals surface area contributed by atoms with Gasteiger partial charge in [-0.2, -0.15) is 0 Å². The molecule has 0 aliphatic rings. The van der Waals surface area contributed by atoms with Gasteiger partial charge in [0.05, 0.1) is 17.9 Å². The van der Waals surface area contributed by atoms with Gasteiger partial charge in [0, 0.05) is 11.9 Å². The molecule has 0 amide bonds. The minimum Gasteiger partial charge on any atom is -0.339 e. The number of aryl methyl sites for hydroxylation is 1. The normalized spacial score (nSPS) is 10.2. The van der Waals surface area contributed by atoms with Crippen LogP contribution in [0.2, 0.25) is 0 Å². The van der Waals surface area contributed by atoms with Crippen molar-refractivity contribution in [3.8, 4) is 0 Å². The van der Waals surface area contributed by atoms with Crippen molar-refractivity contribution in [3.05, 3.63) is 53.6 Å². The van der Waals surface area contributed by atoms with Gasteiger partial charge >= 0.3 is 0 Å². The van der Waals surface area contributed by atoms with Gasteiger partial charge in [-0.15, -0.1) is 0 Å². The van der Waals surface area contributed by atoms with Gasteiger partial charge in [-0.3, -0.25) is 9.78 Å². The fourth-order valence-corrected chi connectivity index (χ4v) is 1.54. The van der Waals surface area contributed by atoms with Crippen LogP contribution in [-0.2, 0) is 6.54 Å². The lowest BCUT2D eigenvalue weighted by Gasteiger charge is -2.05. The molecule has 2 heterocycles. The average Bonchev–Trinajstić information content (AvgIpc) is 2.65. The highest BCUT2D eigenvalue weighted by Gasteiger charge is 2.01. The number of hydrogen-bond acceptors (Lipinski definition) is 2. The summed E-state index contributed by atoms with van der Waals surface area (Å²) in [5.41, 5.74) is 2.64. The Morgan fingerprint density at radius 3 is 2.93 bits per heavy atom. The van der Waals surface area contributed by atoms with Crippen LogP contribution in [0.4, 0.5) is 0 Å². The van der Waals surface area contributed by atoms with E-state index < -0.39 is 0 Å². The summed E-state index contributed by atoms with van der Waals surface area (Å²) in [5, 5.41) is 0. The van der Waals surface area contributed by atoms with E-state index >= 15 is 0 Å². The molecule has 0 aliphatic carbocycles. The van der Waals surface area contributed by atoms with E-state index in [9.17, 15) is 4.79 Å². The second-order valence-corrected chi connectivity index (χ2v) is 3.45. The number of pyridine rings is 1. The van der Waals surface area contributed by atoms with Crippen molar-refractivity contribution in [1.82, 2.24) is 9.55 Å². The molecule has 0 unspecified atom stereocenters. The van der Waals surface area contributed by atoms with Gasteiger partial charge in [0.15, 0.2) is 6.29 Å². The van der Waals surface area contributed by atoms with Gasteiger partial charge < -0.3 is 4.57 Å². The Morgan fingerprint density at radius 1 is 1.33 bits per heavy atom. The Hall–Kier alpha value is -1.90. The Morgan fingerprint density at radius 2 is 2.20 bits per heavy atom. The minimum absolute atomic E-state index is 0.642. The van der Waals surface area contributed by atoms with Crippen LogP contribution in [0.15, 0.2) is 36.5 Å². The van der Waals surface area contributed by atoms with Gasteiger partial charge in [-0.05, 0) is 31.2 Å². The van der Waals surface area contributed by atoms with Crippen molar-refractivity contribution in [1.29, 1.82) is 0 Å². The molecule has 3 nitrogen and oxygen atoms in total. The largest absolute Gasteiger partial charge is 0.339 e. The lowest BCUT2D eigenvalue weighted by Crippen LogP contribution is -2.04. The first-order valence-electron chi connectivity index (χ1n) is 4.82. The van der Waals surface area contributed by atoms with Crippen LogP contribution in [0.25, 0.3) is 0 Å². The molecule has 0 saturated carbocycles. The number of hydrogen-bond donors (Lipinski definition) is 0. The third kappa shape index (κ3) is 2.13. The highest BCUT2D eigenvalue weighted by molar-refractivity contribution is 5.72. The second-order valence-electron chi connectivity index (χ2n) is 3.45. The van der Waals surface area contributed by atoms with Gasteiger partial charge in [0.25, 0.3) is 0 Å². The molecule has 2 aromatic rings. The number of rotatable bonds is 3. The summed E-state index contributed by atoms with van der Waals surface area (Å²) in [4.78, 5) is 15.1. The summed E-state index contributed by atoms with van der Waals surface area (Å²) >= 11 is 0. The molecule has 0 spiro atoms. The number of nitrogens with zero attached hydrogens (tertiary/aromatic N) is 2. The standard InChI is InChI=1S/C12H12N2O/c1-10-4-2-5-11(13-10)8-14-7-3-6-12(14)9-15/h2-7,9H,8H2,1H3. The molecule has 76 valence electrons. The Kier molecular flexibility index (Phi) is 2.63. The molecule has 2 rings (SSSR count). The smallest absolute Gasteiger partial charge is 0.166 e. The summed E-state index contributed by atoms with van der Waals surface area (Å²) in [6.07, 6.45) is 2.74. The fraction of sp³-hybridized carbons (Fsp3) is 0.167. The monoisotopic (exact) mass is 200 g/mol. The molecule has 15 heavy (non-hydrogen) atoms. The van der Waals surface area contributed by atoms with Crippen LogP contribution in [0.3, 0.4) is 0 Å². The molecule has 0 aliphatic heterocycles. The third-order valence-corrected chi connectivity index (χ3v) is 2.26. The number of aromatic nitrogens is 2. The zero-order chi connectivity index (χ0) is 10.7. The molecule has 0 aromatic carbocycles. The molecule has 2 aromatic heterocycles. The first kappa shape index (κ1) is 9.65. The molecule has 0 fully saturated rings. The summed E-state index contributed by atoms with van der Waals surface area (Å²) in [5.74, 6) is 0. The van der Waals surface area contributed by atoms with Crippen molar-refractivity contribution in [2.75, 3.05) is 0 Å². The van der Waals surface area contributed by atoms with E-state index in [0.29, 0.717) is 12.2 Å². The number of carbonyl (C=O) groups excluding carboxylic acids is 1. The van der Waals surface area contributed by atoms with E-state index in [1.807, 2.05) is 42.0 Å². The van der Waals surface area contributed by atoms with Gasteiger partial charge in [0.1, 0.15) is 0 Å². The van der Waals surface area contributed by atoms with E-state index in [1.54, 1.807) is 6.07 Å². The molecular weight excluding hydrogens is 188 g/mol. The Labute approximate surface area is 88.4 Å². The molecule has 0 bridgehead atoms.